The lowest BCUT2D eigenvalue weighted by molar-refractivity contribution is -0.368. The van der Waals surface area contributed by atoms with E-state index in [1.807, 2.05) is 72.8 Å². The molecule has 0 aromatic heterocycles. The number of quaternary nitrogens is 1. The quantitative estimate of drug-likeness (QED) is 0.0885. The maximum atomic E-state index is 13.3. The average molecular weight is 625 g/mol. The van der Waals surface area contributed by atoms with Crippen molar-refractivity contribution in [1.29, 1.82) is 0 Å². The molecule has 4 aromatic carbocycles. The highest BCUT2D eigenvalue weighted by Crippen LogP contribution is 2.45. The molecular formula is C37H42N3O6+. The van der Waals surface area contributed by atoms with Crippen LogP contribution < -0.4 is 25.8 Å². The lowest BCUT2D eigenvalue weighted by Crippen LogP contribution is -2.53. The normalized spacial score (nSPS) is 12.1. The van der Waals surface area contributed by atoms with Crippen LogP contribution in [-0.4, -0.2) is 56.7 Å². The first kappa shape index (κ1) is 33.7. The molecule has 4 rings (SSSR count). The van der Waals surface area contributed by atoms with E-state index in [1.54, 1.807) is 6.08 Å². The maximum absolute atomic E-state index is 13.3. The number of carbonyl (C=O) groups excluding carboxylic acids is 3. The van der Waals surface area contributed by atoms with Crippen LogP contribution in [0.4, 0.5) is 0 Å². The van der Waals surface area contributed by atoms with Gasteiger partial charge >= 0.3 is 5.97 Å². The van der Waals surface area contributed by atoms with Gasteiger partial charge in [0.1, 0.15) is 30.2 Å². The predicted octanol–water partition coefficient (Wildman–Crippen LogP) is 4.73. The van der Waals surface area contributed by atoms with Crippen LogP contribution in [0.15, 0.2) is 98.1 Å². The Kier molecular flexibility index (Phi) is 12.3. The molecule has 0 fully saturated rings. The van der Waals surface area contributed by atoms with Crippen molar-refractivity contribution in [2.24, 2.45) is 0 Å². The molecule has 0 bridgehead atoms. The summed E-state index contributed by atoms with van der Waals surface area (Å²) in [5, 5.41) is 9.42. The number of carbonyl (C=O) groups is 3. The standard InChI is InChI=1S/C37H41N3O6/c1-4-12-30(37(43)44-3)40-36(42)29(17-10-11-22-38)39-33(41)24-46-32-21-19-26-14-7-9-16-28(26)35(32)34-27-15-8-6-13-25(27)18-20-31(34)45-23-5-2/h4-9,13-16,18-21,29-30H,1-2,10-12,17,22-24,38H2,3H3,(H,39,41)(H,40,42)/p+1/t29-,30+/m1/s1. The van der Waals surface area contributed by atoms with Gasteiger partial charge in [0.15, 0.2) is 6.61 Å². The van der Waals surface area contributed by atoms with Gasteiger partial charge in [0.05, 0.1) is 13.7 Å². The van der Waals surface area contributed by atoms with Crippen LogP contribution in [0.3, 0.4) is 0 Å². The van der Waals surface area contributed by atoms with E-state index in [0.29, 0.717) is 37.5 Å². The fourth-order valence-electron chi connectivity index (χ4n) is 5.38. The van der Waals surface area contributed by atoms with Gasteiger partial charge in [-0.2, -0.15) is 0 Å². The molecule has 0 saturated carbocycles. The summed E-state index contributed by atoms with van der Waals surface area (Å²) >= 11 is 0. The lowest BCUT2D eigenvalue weighted by Gasteiger charge is -2.22. The van der Waals surface area contributed by atoms with E-state index in [1.165, 1.54) is 13.2 Å². The molecule has 2 amide bonds. The van der Waals surface area contributed by atoms with Crippen molar-refractivity contribution in [2.75, 3.05) is 26.9 Å². The second-order valence-corrected chi connectivity index (χ2v) is 10.8. The molecule has 0 radical (unpaired) electrons. The molecule has 0 unspecified atom stereocenters. The fourth-order valence-corrected chi connectivity index (χ4v) is 5.38. The Morgan fingerprint density at radius 2 is 1.39 bits per heavy atom. The van der Waals surface area contributed by atoms with Crippen LogP contribution in [0.5, 0.6) is 11.5 Å². The summed E-state index contributed by atoms with van der Waals surface area (Å²) in [7, 11) is 1.25. The second kappa shape index (κ2) is 16.8. The third kappa shape index (κ3) is 8.31. The Balaban J connectivity index is 1.65. The number of nitrogens with one attached hydrogen (secondary N) is 2. The molecular weight excluding hydrogens is 582 g/mol. The zero-order valence-electron chi connectivity index (χ0n) is 26.3. The van der Waals surface area contributed by atoms with E-state index in [9.17, 15) is 14.4 Å². The van der Waals surface area contributed by atoms with E-state index >= 15 is 0 Å². The highest BCUT2D eigenvalue weighted by Gasteiger charge is 2.27. The number of rotatable bonds is 17. The molecule has 0 aliphatic heterocycles. The highest BCUT2D eigenvalue weighted by atomic mass is 16.5. The average Bonchev–Trinajstić information content (AvgIpc) is 3.08. The third-order valence-corrected chi connectivity index (χ3v) is 7.60. The summed E-state index contributed by atoms with van der Waals surface area (Å²) in [5.74, 6) is -0.406. The molecule has 0 saturated heterocycles. The summed E-state index contributed by atoms with van der Waals surface area (Å²) in [6.07, 6.45) is 5.23. The van der Waals surface area contributed by atoms with Crippen molar-refractivity contribution in [3.8, 4) is 22.6 Å². The molecule has 0 heterocycles. The molecule has 9 nitrogen and oxygen atoms in total. The number of methoxy groups -OCH3 is 1. The maximum Gasteiger partial charge on any atom is 0.328 e. The van der Waals surface area contributed by atoms with Crippen molar-refractivity contribution >= 4 is 39.3 Å². The second-order valence-electron chi connectivity index (χ2n) is 10.8. The first-order chi connectivity index (χ1) is 22.4. The minimum atomic E-state index is -0.906. The summed E-state index contributed by atoms with van der Waals surface area (Å²) in [6, 6.07) is 21.9. The van der Waals surface area contributed by atoms with Gasteiger partial charge in [0, 0.05) is 11.1 Å². The van der Waals surface area contributed by atoms with Gasteiger partial charge in [-0.05, 0) is 59.4 Å². The molecule has 0 spiro atoms. The molecule has 46 heavy (non-hydrogen) atoms. The number of fused-ring (bicyclic) bond motifs is 2. The third-order valence-electron chi connectivity index (χ3n) is 7.60. The largest absolute Gasteiger partial charge is 0.489 e. The van der Waals surface area contributed by atoms with Crippen LogP contribution in [0, 0.1) is 0 Å². The van der Waals surface area contributed by atoms with E-state index in [2.05, 4.69) is 29.5 Å². The number of hydrogen-bond acceptors (Lipinski definition) is 6. The summed E-state index contributed by atoms with van der Waals surface area (Å²) in [5.41, 5.74) is 5.49. The van der Waals surface area contributed by atoms with E-state index in [0.717, 1.165) is 39.1 Å². The molecule has 5 N–H and O–H groups in total. The number of hydrogen-bond donors (Lipinski definition) is 3. The van der Waals surface area contributed by atoms with Crippen molar-refractivity contribution < 1.29 is 34.3 Å². The van der Waals surface area contributed by atoms with E-state index in [-0.39, 0.29) is 13.0 Å². The predicted molar refractivity (Wildman–Crippen MR) is 180 cm³/mol. The minimum absolute atomic E-state index is 0.193. The summed E-state index contributed by atoms with van der Waals surface area (Å²) in [4.78, 5) is 38.8. The Labute approximate surface area is 269 Å². The SMILES string of the molecule is C=CCOc1ccc2ccccc2c1-c1c(OCC(=O)N[C@H](CCCC[NH3+])C(=O)N[C@@H](CC=C)C(=O)OC)ccc2ccccc12. The number of amides is 2. The Morgan fingerprint density at radius 3 is 1.96 bits per heavy atom. The van der Waals surface area contributed by atoms with Crippen molar-refractivity contribution in [3.63, 3.8) is 0 Å². The highest BCUT2D eigenvalue weighted by molar-refractivity contribution is 6.09. The fraction of sp³-hybridized carbons (Fsp3) is 0.270. The van der Waals surface area contributed by atoms with Crippen molar-refractivity contribution in [3.05, 3.63) is 98.1 Å². The Morgan fingerprint density at radius 1 is 0.783 bits per heavy atom. The molecule has 0 aliphatic carbocycles. The minimum Gasteiger partial charge on any atom is -0.489 e. The van der Waals surface area contributed by atoms with Gasteiger partial charge in [-0.25, -0.2) is 4.79 Å². The molecule has 240 valence electrons. The van der Waals surface area contributed by atoms with E-state index in [4.69, 9.17) is 14.2 Å². The molecule has 2 atom stereocenters. The van der Waals surface area contributed by atoms with Gasteiger partial charge in [0.2, 0.25) is 5.91 Å². The molecule has 4 aromatic rings. The molecule has 0 aliphatic rings. The van der Waals surface area contributed by atoms with Gasteiger partial charge in [0.25, 0.3) is 5.91 Å². The van der Waals surface area contributed by atoms with Crippen LogP contribution in [0.25, 0.3) is 32.7 Å². The van der Waals surface area contributed by atoms with Crippen molar-refractivity contribution in [2.45, 2.75) is 37.8 Å². The van der Waals surface area contributed by atoms with Crippen LogP contribution in [-0.2, 0) is 19.1 Å². The van der Waals surface area contributed by atoms with E-state index < -0.39 is 29.9 Å². The number of esters is 1. The Bertz CT molecular complexity index is 1700. The lowest BCUT2D eigenvalue weighted by atomic mass is 9.92. The zero-order chi connectivity index (χ0) is 32.9. The van der Waals surface area contributed by atoms with Gasteiger partial charge in [-0.15, -0.1) is 6.58 Å². The zero-order valence-corrected chi connectivity index (χ0v) is 26.3. The number of ether oxygens (including phenoxy) is 3. The molecule has 9 heteroatoms. The van der Waals surface area contributed by atoms with Gasteiger partial charge in [-0.1, -0.05) is 79.4 Å². The van der Waals surface area contributed by atoms with Crippen LogP contribution >= 0.6 is 0 Å². The topological polar surface area (TPSA) is 131 Å². The van der Waals surface area contributed by atoms with Gasteiger partial charge < -0.3 is 30.6 Å². The Hall–Kier alpha value is -5.15. The first-order valence-corrected chi connectivity index (χ1v) is 15.4. The van der Waals surface area contributed by atoms with Crippen LogP contribution in [0.2, 0.25) is 0 Å². The van der Waals surface area contributed by atoms with Crippen molar-refractivity contribution in [1.82, 2.24) is 10.6 Å². The van der Waals surface area contributed by atoms with Gasteiger partial charge in [-0.3, -0.25) is 9.59 Å². The number of unbranched alkanes of at least 4 members (excludes halogenated alkanes) is 1. The monoisotopic (exact) mass is 624 g/mol. The summed E-state index contributed by atoms with van der Waals surface area (Å²) < 4.78 is 17.2. The van der Waals surface area contributed by atoms with Crippen LogP contribution in [0.1, 0.15) is 25.7 Å². The first-order valence-electron chi connectivity index (χ1n) is 15.4. The summed E-state index contributed by atoms with van der Waals surface area (Å²) in [6.45, 7) is 8.12. The smallest absolute Gasteiger partial charge is 0.328 e. The number of benzene rings is 4.